The fourth-order valence-electron chi connectivity index (χ4n) is 6.31. The van der Waals surface area contributed by atoms with Crippen molar-refractivity contribution < 1.29 is 4.79 Å². The number of nitrogens with zero attached hydrogens (tertiary/aromatic N) is 4. The number of piperidine rings is 1. The van der Waals surface area contributed by atoms with Gasteiger partial charge >= 0.3 is 0 Å². The molecule has 0 N–H and O–H groups in total. The minimum absolute atomic E-state index is 0.397. The number of hydrogen-bond donors (Lipinski definition) is 0. The molecule has 5 nitrogen and oxygen atoms in total. The molecule has 1 aliphatic carbocycles. The van der Waals surface area contributed by atoms with E-state index >= 15 is 0 Å². The maximum absolute atomic E-state index is 12.9. The van der Waals surface area contributed by atoms with Crippen molar-refractivity contribution in [1.29, 1.82) is 0 Å². The molecule has 0 bridgehead atoms. The lowest BCUT2D eigenvalue weighted by Crippen LogP contribution is -2.47. The van der Waals surface area contributed by atoms with E-state index in [4.69, 9.17) is 0 Å². The molecule has 3 aliphatic heterocycles. The molecule has 3 saturated heterocycles. The Morgan fingerprint density at radius 3 is 2.41 bits per heavy atom. The maximum atomic E-state index is 12.9. The summed E-state index contributed by atoms with van der Waals surface area (Å²) in [7, 11) is 2.19. The summed E-state index contributed by atoms with van der Waals surface area (Å²) >= 11 is 0. The summed E-state index contributed by atoms with van der Waals surface area (Å²) in [5.41, 5.74) is 0.397. The maximum Gasteiger partial charge on any atom is 0.223 e. The average Bonchev–Trinajstić information content (AvgIpc) is 3.15. The van der Waals surface area contributed by atoms with Crippen molar-refractivity contribution >= 4 is 5.91 Å². The number of hydrogen-bond acceptors (Lipinski definition) is 4. The van der Waals surface area contributed by atoms with Crippen LogP contribution in [0.4, 0.5) is 0 Å². The van der Waals surface area contributed by atoms with Gasteiger partial charge in [0.05, 0.1) is 0 Å². The SMILES string of the molecule is CN1CCN(CCC(=O)N2CCC3(CCCN(CCC4CCCCC4)C3)C2)CC1. The topological polar surface area (TPSA) is 30.0 Å². The van der Waals surface area contributed by atoms with Gasteiger partial charge in [0.15, 0.2) is 0 Å². The lowest BCUT2D eigenvalue weighted by molar-refractivity contribution is -0.131. The molecule has 4 aliphatic rings. The number of likely N-dealkylation sites (N-methyl/N-ethyl adjacent to an activating group) is 1. The molecule has 4 fully saturated rings. The van der Waals surface area contributed by atoms with E-state index in [0.717, 1.165) is 51.7 Å². The summed E-state index contributed by atoms with van der Waals surface area (Å²) in [6.07, 6.45) is 13.3. The van der Waals surface area contributed by atoms with Crippen LogP contribution in [0.15, 0.2) is 0 Å². The van der Waals surface area contributed by atoms with E-state index in [0.29, 0.717) is 17.7 Å². The Bertz CT molecular complexity index is 527. The lowest BCUT2D eigenvalue weighted by atomic mass is 9.79. The summed E-state index contributed by atoms with van der Waals surface area (Å²) in [6.45, 7) is 11.3. The standard InChI is InChI=1S/C24H44N4O/c1-25-16-18-26(19-17-25)14-9-23(29)28-15-11-24(21-28)10-5-12-27(20-24)13-8-22-6-3-2-4-7-22/h22H,2-21H2,1H3. The van der Waals surface area contributed by atoms with Crippen molar-refractivity contribution in [3.63, 3.8) is 0 Å². The second kappa shape index (κ2) is 10.1. The van der Waals surface area contributed by atoms with E-state index in [-0.39, 0.29) is 0 Å². The van der Waals surface area contributed by atoms with E-state index in [2.05, 4.69) is 26.6 Å². The number of likely N-dealkylation sites (tertiary alicyclic amines) is 2. The van der Waals surface area contributed by atoms with Crippen molar-refractivity contribution in [3.8, 4) is 0 Å². The minimum atomic E-state index is 0.397. The van der Waals surface area contributed by atoms with Gasteiger partial charge in [-0.15, -0.1) is 0 Å². The van der Waals surface area contributed by atoms with Gasteiger partial charge in [0, 0.05) is 64.2 Å². The highest BCUT2D eigenvalue weighted by Crippen LogP contribution is 2.39. The van der Waals surface area contributed by atoms with Gasteiger partial charge in [0.25, 0.3) is 0 Å². The Kier molecular flexibility index (Phi) is 7.52. The van der Waals surface area contributed by atoms with Crippen molar-refractivity contribution in [1.82, 2.24) is 19.6 Å². The van der Waals surface area contributed by atoms with Gasteiger partial charge in [-0.05, 0) is 51.7 Å². The summed E-state index contributed by atoms with van der Waals surface area (Å²) in [4.78, 5) is 22.7. The van der Waals surface area contributed by atoms with Gasteiger partial charge in [0.2, 0.25) is 5.91 Å². The van der Waals surface area contributed by atoms with Crippen molar-refractivity contribution in [2.24, 2.45) is 11.3 Å². The Morgan fingerprint density at radius 1 is 0.828 bits per heavy atom. The van der Waals surface area contributed by atoms with Crippen LogP contribution in [0.5, 0.6) is 0 Å². The predicted octanol–water partition coefficient (Wildman–Crippen LogP) is 2.91. The average molecular weight is 405 g/mol. The summed E-state index contributed by atoms with van der Waals surface area (Å²) in [5.74, 6) is 1.39. The number of rotatable bonds is 6. The lowest BCUT2D eigenvalue weighted by Gasteiger charge is -2.41. The molecule has 1 saturated carbocycles. The fraction of sp³-hybridized carbons (Fsp3) is 0.958. The first-order valence-electron chi connectivity index (χ1n) is 12.5. The quantitative estimate of drug-likeness (QED) is 0.681. The van der Waals surface area contributed by atoms with Crippen LogP contribution in [-0.4, -0.2) is 98.0 Å². The van der Waals surface area contributed by atoms with Crippen LogP contribution < -0.4 is 0 Å². The highest BCUT2D eigenvalue weighted by Gasteiger charge is 2.42. The molecule has 4 rings (SSSR count). The van der Waals surface area contributed by atoms with Gasteiger partial charge in [-0.25, -0.2) is 0 Å². The smallest absolute Gasteiger partial charge is 0.223 e. The molecular weight excluding hydrogens is 360 g/mol. The van der Waals surface area contributed by atoms with E-state index in [1.807, 2.05) is 0 Å². The van der Waals surface area contributed by atoms with E-state index < -0.39 is 0 Å². The molecule has 0 aromatic carbocycles. The number of carbonyl (C=O) groups is 1. The van der Waals surface area contributed by atoms with Crippen molar-refractivity contribution in [2.45, 2.75) is 64.2 Å². The van der Waals surface area contributed by atoms with Crippen molar-refractivity contribution in [3.05, 3.63) is 0 Å². The van der Waals surface area contributed by atoms with Crippen LogP contribution in [-0.2, 0) is 4.79 Å². The zero-order valence-corrected chi connectivity index (χ0v) is 18.9. The first kappa shape index (κ1) is 21.6. The molecular formula is C24H44N4O. The molecule has 166 valence electrons. The summed E-state index contributed by atoms with van der Waals surface area (Å²) in [5, 5.41) is 0. The highest BCUT2D eigenvalue weighted by molar-refractivity contribution is 5.76. The van der Waals surface area contributed by atoms with Crippen LogP contribution in [0, 0.1) is 11.3 Å². The molecule has 0 aromatic heterocycles. The number of piperazine rings is 1. The third-order valence-corrected chi connectivity index (χ3v) is 8.35. The molecule has 1 unspecified atom stereocenters. The Morgan fingerprint density at radius 2 is 1.62 bits per heavy atom. The fourth-order valence-corrected chi connectivity index (χ4v) is 6.31. The number of amides is 1. The van der Waals surface area contributed by atoms with Crippen LogP contribution in [0.2, 0.25) is 0 Å². The van der Waals surface area contributed by atoms with E-state index in [1.165, 1.54) is 77.4 Å². The molecule has 1 spiro atoms. The predicted molar refractivity (Wildman–Crippen MR) is 119 cm³/mol. The zero-order valence-electron chi connectivity index (χ0n) is 18.9. The second-order valence-electron chi connectivity index (χ2n) is 10.6. The molecule has 29 heavy (non-hydrogen) atoms. The normalized spacial score (nSPS) is 31.0. The zero-order chi connectivity index (χ0) is 20.1. The van der Waals surface area contributed by atoms with Gasteiger partial charge in [0.1, 0.15) is 0 Å². The summed E-state index contributed by atoms with van der Waals surface area (Å²) in [6, 6.07) is 0. The van der Waals surface area contributed by atoms with Gasteiger partial charge < -0.3 is 19.6 Å². The Hall–Kier alpha value is -0.650. The Labute approximate surface area is 178 Å². The van der Waals surface area contributed by atoms with Crippen molar-refractivity contribution in [2.75, 3.05) is 72.5 Å². The molecule has 0 aromatic rings. The Balaban J connectivity index is 1.19. The van der Waals surface area contributed by atoms with Crippen LogP contribution >= 0.6 is 0 Å². The van der Waals surface area contributed by atoms with E-state index in [9.17, 15) is 4.79 Å². The number of carbonyl (C=O) groups excluding carboxylic acids is 1. The third-order valence-electron chi connectivity index (χ3n) is 8.35. The third kappa shape index (κ3) is 5.95. The monoisotopic (exact) mass is 404 g/mol. The largest absolute Gasteiger partial charge is 0.342 e. The first-order valence-corrected chi connectivity index (χ1v) is 12.5. The molecule has 1 amide bonds. The molecule has 3 heterocycles. The second-order valence-corrected chi connectivity index (χ2v) is 10.6. The molecule has 5 heteroatoms. The van der Waals surface area contributed by atoms with E-state index in [1.54, 1.807) is 0 Å². The van der Waals surface area contributed by atoms with Gasteiger partial charge in [-0.1, -0.05) is 32.1 Å². The van der Waals surface area contributed by atoms with Gasteiger partial charge in [-0.2, -0.15) is 0 Å². The van der Waals surface area contributed by atoms with Crippen LogP contribution in [0.3, 0.4) is 0 Å². The first-order chi connectivity index (χ1) is 14.1. The van der Waals surface area contributed by atoms with Gasteiger partial charge in [-0.3, -0.25) is 4.79 Å². The molecule has 0 radical (unpaired) electrons. The minimum Gasteiger partial charge on any atom is -0.342 e. The highest BCUT2D eigenvalue weighted by atomic mass is 16.2. The molecule has 1 atom stereocenters. The van der Waals surface area contributed by atoms with Crippen LogP contribution in [0.25, 0.3) is 0 Å². The van der Waals surface area contributed by atoms with Crippen LogP contribution in [0.1, 0.15) is 64.2 Å². The summed E-state index contributed by atoms with van der Waals surface area (Å²) < 4.78 is 0.